The zero-order chi connectivity index (χ0) is 12.4. The van der Waals surface area contributed by atoms with E-state index in [2.05, 4.69) is 5.32 Å². The summed E-state index contributed by atoms with van der Waals surface area (Å²) in [7, 11) is 1.78. The van der Waals surface area contributed by atoms with E-state index in [0.717, 1.165) is 16.7 Å². The van der Waals surface area contributed by atoms with Gasteiger partial charge in [-0.25, -0.2) is 0 Å². The lowest BCUT2D eigenvalue weighted by Crippen LogP contribution is -2.23. The van der Waals surface area contributed by atoms with Crippen LogP contribution in [0.3, 0.4) is 0 Å². The smallest absolute Gasteiger partial charge is 0.254 e. The van der Waals surface area contributed by atoms with Crippen LogP contribution in [0.15, 0.2) is 18.2 Å². The number of carbonyl (C=O) groups excluding carboxylic acids is 2. The Morgan fingerprint density at radius 3 is 3.00 bits per heavy atom. The van der Waals surface area contributed by atoms with Crippen molar-refractivity contribution >= 4 is 23.4 Å². The molecular formula is C12H13ClN2O2. The van der Waals surface area contributed by atoms with Crippen LogP contribution in [-0.2, 0) is 17.9 Å². The van der Waals surface area contributed by atoms with Crippen molar-refractivity contribution in [1.82, 2.24) is 10.2 Å². The molecule has 1 aliphatic rings. The van der Waals surface area contributed by atoms with Crippen LogP contribution in [0.5, 0.6) is 0 Å². The number of nitrogens with one attached hydrogen (secondary N) is 1. The molecule has 1 aliphatic heterocycles. The highest BCUT2D eigenvalue weighted by Crippen LogP contribution is 2.22. The van der Waals surface area contributed by atoms with Crippen molar-refractivity contribution in [2.75, 3.05) is 12.9 Å². The van der Waals surface area contributed by atoms with E-state index < -0.39 is 0 Å². The molecule has 2 rings (SSSR count). The Hall–Kier alpha value is -1.55. The van der Waals surface area contributed by atoms with Crippen LogP contribution in [0.25, 0.3) is 0 Å². The second kappa shape index (κ2) is 4.75. The van der Waals surface area contributed by atoms with Gasteiger partial charge in [-0.1, -0.05) is 12.1 Å². The highest BCUT2D eigenvalue weighted by molar-refractivity contribution is 6.27. The molecular weight excluding hydrogens is 240 g/mol. The van der Waals surface area contributed by atoms with Gasteiger partial charge in [0, 0.05) is 25.7 Å². The van der Waals surface area contributed by atoms with Crippen LogP contribution in [0.4, 0.5) is 0 Å². The molecule has 17 heavy (non-hydrogen) atoms. The van der Waals surface area contributed by atoms with Gasteiger partial charge in [0.05, 0.1) is 0 Å². The normalized spacial score (nSPS) is 13.8. The Bertz CT molecular complexity index is 474. The number of halogens is 1. The molecule has 0 spiro atoms. The SMILES string of the molecule is CN1Cc2cc(CNC(=O)CCl)ccc2C1=O. The van der Waals surface area contributed by atoms with Crippen molar-refractivity contribution in [3.8, 4) is 0 Å². The van der Waals surface area contributed by atoms with Crippen molar-refractivity contribution in [2.24, 2.45) is 0 Å². The van der Waals surface area contributed by atoms with Gasteiger partial charge in [-0.05, 0) is 17.2 Å². The molecule has 4 nitrogen and oxygen atoms in total. The van der Waals surface area contributed by atoms with Gasteiger partial charge in [-0.2, -0.15) is 0 Å². The number of hydrogen-bond acceptors (Lipinski definition) is 2. The molecule has 5 heteroatoms. The summed E-state index contributed by atoms with van der Waals surface area (Å²) in [4.78, 5) is 24.3. The van der Waals surface area contributed by atoms with E-state index in [1.807, 2.05) is 18.2 Å². The van der Waals surface area contributed by atoms with Crippen LogP contribution in [0.2, 0.25) is 0 Å². The number of carbonyl (C=O) groups is 2. The zero-order valence-electron chi connectivity index (χ0n) is 9.50. The van der Waals surface area contributed by atoms with Crippen molar-refractivity contribution in [3.05, 3.63) is 34.9 Å². The molecule has 1 aromatic rings. The van der Waals surface area contributed by atoms with E-state index in [9.17, 15) is 9.59 Å². The van der Waals surface area contributed by atoms with Gasteiger partial charge in [-0.3, -0.25) is 9.59 Å². The first kappa shape index (κ1) is 11.9. The van der Waals surface area contributed by atoms with E-state index in [0.29, 0.717) is 13.1 Å². The summed E-state index contributed by atoms with van der Waals surface area (Å²) in [5, 5.41) is 2.69. The number of hydrogen-bond donors (Lipinski definition) is 1. The van der Waals surface area contributed by atoms with Crippen LogP contribution in [-0.4, -0.2) is 29.6 Å². The average molecular weight is 253 g/mol. The van der Waals surface area contributed by atoms with Crippen molar-refractivity contribution < 1.29 is 9.59 Å². The van der Waals surface area contributed by atoms with Gasteiger partial charge in [0.15, 0.2) is 0 Å². The first-order valence-corrected chi connectivity index (χ1v) is 5.85. The molecule has 90 valence electrons. The van der Waals surface area contributed by atoms with E-state index in [4.69, 9.17) is 11.6 Å². The Kier molecular flexibility index (Phi) is 3.33. The van der Waals surface area contributed by atoms with Gasteiger partial charge < -0.3 is 10.2 Å². The number of amides is 2. The molecule has 0 unspecified atom stereocenters. The summed E-state index contributed by atoms with van der Waals surface area (Å²) in [6, 6.07) is 5.61. The molecule has 1 heterocycles. The minimum Gasteiger partial charge on any atom is -0.351 e. The first-order valence-electron chi connectivity index (χ1n) is 5.31. The fourth-order valence-corrected chi connectivity index (χ4v) is 1.97. The summed E-state index contributed by atoms with van der Waals surface area (Å²) in [5.74, 6) is -0.177. The van der Waals surface area contributed by atoms with Gasteiger partial charge >= 0.3 is 0 Å². The molecule has 1 N–H and O–H groups in total. The number of fused-ring (bicyclic) bond motifs is 1. The van der Waals surface area contributed by atoms with Crippen LogP contribution in [0.1, 0.15) is 21.5 Å². The summed E-state index contributed by atoms with van der Waals surface area (Å²) in [6.45, 7) is 1.07. The Morgan fingerprint density at radius 1 is 1.53 bits per heavy atom. The van der Waals surface area contributed by atoms with Crippen molar-refractivity contribution in [3.63, 3.8) is 0 Å². The van der Waals surface area contributed by atoms with E-state index >= 15 is 0 Å². The first-order chi connectivity index (χ1) is 8.11. The summed E-state index contributed by atoms with van der Waals surface area (Å²) < 4.78 is 0. The second-order valence-corrected chi connectivity index (χ2v) is 4.33. The molecule has 0 aromatic heterocycles. The zero-order valence-corrected chi connectivity index (χ0v) is 10.3. The summed E-state index contributed by atoms with van der Waals surface area (Å²) in [5.41, 5.74) is 2.74. The minimum absolute atomic E-state index is 0.0356. The van der Waals surface area contributed by atoms with Crippen LogP contribution < -0.4 is 5.32 Å². The van der Waals surface area contributed by atoms with E-state index in [1.165, 1.54) is 0 Å². The minimum atomic E-state index is -0.194. The van der Waals surface area contributed by atoms with E-state index in [-0.39, 0.29) is 17.7 Å². The molecule has 1 aromatic carbocycles. The molecule has 2 amide bonds. The maximum Gasteiger partial charge on any atom is 0.254 e. The fourth-order valence-electron chi connectivity index (χ4n) is 1.88. The van der Waals surface area contributed by atoms with Gasteiger partial charge in [0.25, 0.3) is 5.91 Å². The number of benzene rings is 1. The maximum atomic E-state index is 11.7. The largest absolute Gasteiger partial charge is 0.351 e. The van der Waals surface area contributed by atoms with Gasteiger partial charge in [0.1, 0.15) is 5.88 Å². The molecule has 0 atom stereocenters. The fraction of sp³-hybridized carbons (Fsp3) is 0.333. The monoisotopic (exact) mass is 252 g/mol. The highest BCUT2D eigenvalue weighted by Gasteiger charge is 2.23. The molecule has 0 aliphatic carbocycles. The number of alkyl halides is 1. The number of rotatable bonds is 3. The summed E-state index contributed by atoms with van der Waals surface area (Å²) >= 11 is 5.39. The number of nitrogens with zero attached hydrogens (tertiary/aromatic N) is 1. The molecule has 0 radical (unpaired) electrons. The van der Waals surface area contributed by atoms with Crippen LogP contribution >= 0.6 is 11.6 Å². The highest BCUT2D eigenvalue weighted by atomic mass is 35.5. The van der Waals surface area contributed by atoms with Crippen molar-refractivity contribution in [2.45, 2.75) is 13.1 Å². The third kappa shape index (κ3) is 2.42. The Balaban J connectivity index is 2.11. The van der Waals surface area contributed by atoms with Gasteiger partial charge in [-0.15, -0.1) is 11.6 Å². The Morgan fingerprint density at radius 2 is 2.29 bits per heavy atom. The lowest BCUT2D eigenvalue weighted by molar-refractivity contribution is -0.118. The Labute approximate surface area is 105 Å². The molecule has 0 fully saturated rings. The average Bonchev–Trinajstić information content (AvgIpc) is 2.62. The third-order valence-corrected chi connectivity index (χ3v) is 3.01. The predicted molar refractivity (Wildman–Crippen MR) is 64.8 cm³/mol. The lowest BCUT2D eigenvalue weighted by atomic mass is 10.1. The predicted octanol–water partition coefficient (Wildman–Crippen LogP) is 1.13. The van der Waals surface area contributed by atoms with Crippen LogP contribution in [0, 0.1) is 0 Å². The second-order valence-electron chi connectivity index (χ2n) is 4.06. The maximum absolute atomic E-state index is 11.7. The molecule has 0 saturated heterocycles. The third-order valence-electron chi connectivity index (χ3n) is 2.77. The standard InChI is InChI=1S/C12H13ClN2O2/c1-15-7-9-4-8(6-14-11(16)5-13)2-3-10(9)12(15)17/h2-4H,5-7H2,1H3,(H,14,16). The molecule has 0 bridgehead atoms. The molecule has 0 saturated carbocycles. The topological polar surface area (TPSA) is 49.4 Å². The van der Waals surface area contributed by atoms with Crippen molar-refractivity contribution in [1.29, 1.82) is 0 Å². The lowest BCUT2D eigenvalue weighted by Gasteiger charge is -2.05. The van der Waals surface area contributed by atoms with Gasteiger partial charge in [0.2, 0.25) is 5.91 Å². The summed E-state index contributed by atoms with van der Waals surface area (Å²) in [6.07, 6.45) is 0. The quantitative estimate of drug-likeness (QED) is 0.820. The van der Waals surface area contributed by atoms with E-state index in [1.54, 1.807) is 11.9 Å².